The number of pyridine rings is 1. The standard InChI is InChI=1S/C24H25ClF5N5O3/c1-13-8-14(24(28,29)30)9-18(31-13)35-17(10-34(22(35)37)12-23(38)6-7-32(2)11-23)21(36)33(3)16-5-4-15(26)19(25)20(16)27/h4-5,8-9,17,38H,6-7,10-12H2,1-3H3. The zero-order chi connectivity index (χ0) is 28.2. The van der Waals surface area contributed by atoms with E-state index in [1.54, 1.807) is 7.05 Å². The second-order valence-corrected chi connectivity index (χ2v) is 10.1. The maximum Gasteiger partial charge on any atom is 0.416 e. The van der Waals surface area contributed by atoms with Crippen LogP contribution >= 0.6 is 11.6 Å². The molecule has 206 valence electrons. The van der Waals surface area contributed by atoms with E-state index in [2.05, 4.69) is 4.98 Å². The van der Waals surface area contributed by atoms with Gasteiger partial charge in [-0.1, -0.05) is 11.6 Å². The van der Waals surface area contributed by atoms with Crippen LogP contribution in [0.15, 0.2) is 24.3 Å². The summed E-state index contributed by atoms with van der Waals surface area (Å²) in [5.41, 5.74) is -2.81. The number of carbonyl (C=O) groups excluding carboxylic acids is 2. The van der Waals surface area contributed by atoms with Gasteiger partial charge in [-0.3, -0.25) is 9.69 Å². The Morgan fingerprint density at radius 2 is 1.97 bits per heavy atom. The molecule has 2 aliphatic heterocycles. The van der Waals surface area contributed by atoms with Crippen LogP contribution in [0.3, 0.4) is 0 Å². The number of aryl methyl sites for hydroxylation is 1. The number of alkyl halides is 3. The van der Waals surface area contributed by atoms with Crippen LogP contribution in [0.5, 0.6) is 0 Å². The van der Waals surface area contributed by atoms with Crippen LogP contribution in [-0.4, -0.2) is 83.7 Å². The van der Waals surface area contributed by atoms with Crippen molar-refractivity contribution in [1.82, 2.24) is 14.8 Å². The summed E-state index contributed by atoms with van der Waals surface area (Å²) in [6, 6.07) is 1.02. The molecule has 38 heavy (non-hydrogen) atoms. The molecule has 1 aromatic heterocycles. The summed E-state index contributed by atoms with van der Waals surface area (Å²) in [6.07, 6.45) is -4.41. The number of carbonyl (C=O) groups is 2. The summed E-state index contributed by atoms with van der Waals surface area (Å²) in [5.74, 6) is -3.57. The Morgan fingerprint density at radius 3 is 2.58 bits per heavy atom. The van der Waals surface area contributed by atoms with Gasteiger partial charge >= 0.3 is 12.2 Å². The van der Waals surface area contributed by atoms with Crippen LogP contribution in [0.2, 0.25) is 5.02 Å². The van der Waals surface area contributed by atoms with E-state index >= 15 is 0 Å². The number of likely N-dealkylation sites (tertiary alicyclic amines) is 1. The smallest absolute Gasteiger partial charge is 0.387 e. The van der Waals surface area contributed by atoms with E-state index in [0.29, 0.717) is 19.0 Å². The largest absolute Gasteiger partial charge is 0.416 e. The van der Waals surface area contributed by atoms with Gasteiger partial charge < -0.3 is 19.8 Å². The van der Waals surface area contributed by atoms with Crippen molar-refractivity contribution in [1.29, 1.82) is 0 Å². The van der Waals surface area contributed by atoms with E-state index in [0.717, 1.165) is 28.0 Å². The first-order valence-electron chi connectivity index (χ1n) is 11.6. The number of likely N-dealkylation sites (N-methyl/N-ethyl adjacent to an activating group) is 2. The molecule has 1 N–H and O–H groups in total. The average molecular weight is 562 g/mol. The molecule has 2 unspecified atom stereocenters. The second kappa shape index (κ2) is 9.93. The molecule has 4 rings (SSSR count). The van der Waals surface area contributed by atoms with E-state index in [-0.39, 0.29) is 25.3 Å². The molecule has 2 aliphatic rings. The van der Waals surface area contributed by atoms with Gasteiger partial charge in [0, 0.05) is 25.8 Å². The molecule has 0 radical (unpaired) electrons. The average Bonchev–Trinajstić information content (AvgIpc) is 3.33. The van der Waals surface area contributed by atoms with Gasteiger partial charge in [0.25, 0.3) is 5.91 Å². The zero-order valence-electron chi connectivity index (χ0n) is 20.7. The third-order valence-electron chi connectivity index (χ3n) is 6.70. The molecule has 2 aromatic rings. The minimum absolute atomic E-state index is 0.0481. The van der Waals surface area contributed by atoms with Crippen LogP contribution in [0.1, 0.15) is 17.7 Å². The molecule has 14 heteroatoms. The van der Waals surface area contributed by atoms with Gasteiger partial charge in [-0.25, -0.2) is 18.6 Å². The highest BCUT2D eigenvalue weighted by molar-refractivity contribution is 6.31. The Kier molecular flexibility index (Phi) is 7.32. The molecule has 2 fully saturated rings. The highest BCUT2D eigenvalue weighted by atomic mass is 35.5. The Morgan fingerprint density at radius 1 is 1.29 bits per heavy atom. The highest BCUT2D eigenvalue weighted by Crippen LogP contribution is 2.35. The SMILES string of the molecule is Cc1cc(C(F)(F)F)cc(N2C(=O)N(CC3(O)CCN(C)C3)CC2C(=O)N(C)c2ccc(F)c(Cl)c2F)n1. The summed E-state index contributed by atoms with van der Waals surface area (Å²) in [6.45, 7) is 1.62. The van der Waals surface area contributed by atoms with Crippen molar-refractivity contribution in [2.75, 3.05) is 50.1 Å². The minimum atomic E-state index is -4.75. The molecule has 1 aromatic carbocycles. The number of benzene rings is 1. The molecule has 3 heterocycles. The summed E-state index contributed by atoms with van der Waals surface area (Å²) < 4.78 is 69.0. The van der Waals surface area contributed by atoms with Crippen LogP contribution < -0.4 is 9.80 Å². The monoisotopic (exact) mass is 561 g/mol. The van der Waals surface area contributed by atoms with Gasteiger partial charge in [0.15, 0.2) is 5.82 Å². The Balaban J connectivity index is 1.74. The number of anilines is 2. The molecular weight excluding hydrogens is 537 g/mol. The second-order valence-electron chi connectivity index (χ2n) is 9.71. The summed E-state index contributed by atoms with van der Waals surface area (Å²) in [5, 5.41) is 10.1. The van der Waals surface area contributed by atoms with Crippen molar-refractivity contribution in [3.05, 3.63) is 52.2 Å². The van der Waals surface area contributed by atoms with Crippen LogP contribution in [-0.2, 0) is 11.0 Å². The lowest BCUT2D eigenvalue weighted by molar-refractivity contribution is -0.137. The highest BCUT2D eigenvalue weighted by Gasteiger charge is 2.48. The number of urea groups is 1. The number of amides is 3. The fourth-order valence-electron chi connectivity index (χ4n) is 4.83. The number of aliphatic hydroxyl groups is 1. The van der Waals surface area contributed by atoms with Crippen LogP contribution in [0.25, 0.3) is 0 Å². The van der Waals surface area contributed by atoms with Crippen molar-refractivity contribution >= 4 is 35.0 Å². The van der Waals surface area contributed by atoms with E-state index in [4.69, 9.17) is 11.6 Å². The lowest BCUT2D eigenvalue weighted by atomic mass is 10.0. The molecule has 2 atom stereocenters. The fraction of sp³-hybridized carbons (Fsp3) is 0.458. The van der Waals surface area contributed by atoms with Gasteiger partial charge in [-0.2, -0.15) is 13.2 Å². The Bertz CT molecular complexity index is 1280. The summed E-state index contributed by atoms with van der Waals surface area (Å²) in [7, 11) is 2.96. The van der Waals surface area contributed by atoms with Gasteiger partial charge in [0.2, 0.25) is 0 Å². The Hall–Kier alpha value is -3.03. The summed E-state index contributed by atoms with van der Waals surface area (Å²) in [4.78, 5) is 35.8. The van der Waals surface area contributed by atoms with Crippen molar-refractivity contribution in [3.63, 3.8) is 0 Å². The topological polar surface area (TPSA) is 80.2 Å². The van der Waals surface area contributed by atoms with Crippen molar-refractivity contribution in [3.8, 4) is 0 Å². The molecule has 8 nitrogen and oxygen atoms in total. The van der Waals surface area contributed by atoms with Gasteiger partial charge in [0.05, 0.1) is 29.9 Å². The first-order chi connectivity index (χ1) is 17.6. The lowest BCUT2D eigenvalue weighted by Gasteiger charge is -2.28. The van der Waals surface area contributed by atoms with Gasteiger partial charge in [-0.15, -0.1) is 0 Å². The zero-order valence-corrected chi connectivity index (χ0v) is 21.4. The molecular formula is C24H25ClF5N5O3. The lowest BCUT2D eigenvalue weighted by Crippen LogP contribution is -2.47. The third-order valence-corrected chi connectivity index (χ3v) is 7.04. The maximum absolute atomic E-state index is 14.7. The maximum atomic E-state index is 14.7. The Labute approximate surface area is 220 Å². The third kappa shape index (κ3) is 5.27. The predicted octanol–water partition coefficient (Wildman–Crippen LogP) is 3.68. The number of hydrogen-bond acceptors (Lipinski definition) is 5. The molecule has 0 saturated carbocycles. The van der Waals surface area contributed by atoms with Crippen LogP contribution in [0, 0.1) is 18.6 Å². The quantitative estimate of drug-likeness (QED) is 0.445. The van der Waals surface area contributed by atoms with E-state index in [9.17, 15) is 36.6 Å². The molecule has 2 saturated heterocycles. The number of nitrogens with zero attached hydrogens (tertiary/aromatic N) is 5. The fourth-order valence-corrected chi connectivity index (χ4v) is 4.99. The molecule has 0 spiro atoms. The normalized spacial score (nSPS) is 22.5. The molecule has 3 amide bonds. The number of rotatable bonds is 5. The van der Waals surface area contributed by atoms with E-state index in [1.165, 1.54) is 18.9 Å². The number of hydrogen-bond donors (Lipinski definition) is 1. The minimum Gasteiger partial charge on any atom is -0.387 e. The van der Waals surface area contributed by atoms with Crippen molar-refractivity contribution < 1.29 is 36.6 Å². The van der Waals surface area contributed by atoms with Crippen molar-refractivity contribution in [2.45, 2.75) is 31.2 Å². The predicted molar refractivity (Wildman–Crippen MR) is 129 cm³/mol. The van der Waals surface area contributed by atoms with E-state index in [1.807, 2.05) is 4.90 Å². The number of β-amino-alcohol motifs (C(OH)–C–C–N with tert-alkyl or cyclic N) is 1. The first kappa shape index (κ1) is 28.0. The number of halogens is 6. The first-order valence-corrected chi connectivity index (χ1v) is 11.9. The van der Waals surface area contributed by atoms with E-state index < -0.39 is 63.5 Å². The van der Waals surface area contributed by atoms with Crippen molar-refractivity contribution in [2.24, 2.45) is 0 Å². The molecule has 0 bridgehead atoms. The van der Waals surface area contributed by atoms with Gasteiger partial charge in [0.1, 0.15) is 22.7 Å². The van der Waals surface area contributed by atoms with Crippen LogP contribution in [0.4, 0.5) is 38.3 Å². The van der Waals surface area contributed by atoms with Gasteiger partial charge in [-0.05, 0) is 44.7 Å². The molecule has 0 aliphatic carbocycles. The number of aromatic nitrogens is 1. The summed E-state index contributed by atoms with van der Waals surface area (Å²) >= 11 is 5.65.